The van der Waals surface area contributed by atoms with Crippen LogP contribution in [0.2, 0.25) is 0 Å². The Kier molecular flexibility index (Phi) is 5.74. The molecule has 0 fully saturated rings. The Balaban J connectivity index is 1.59. The van der Waals surface area contributed by atoms with Gasteiger partial charge in [-0.3, -0.25) is 9.48 Å². The summed E-state index contributed by atoms with van der Waals surface area (Å²) < 4.78 is 11.9. The summed E-state index contributed by atoms with van der Waals surface area (Å²) in [5.41, 5.74) is 3.17. The smallest absolute Gasteiger partial charge is 0.358 e. The first kappa shape index (κ1) is 19.6. The van der Waals surface area contributed by atoms with E-state index in [4.69, 9.17) is 9.47 Å². The van der Waals surface area contributed by atoms with Crippen molar-refractivity contribution in [3.8, 4) is 16.3 Å². The highest BCUT2D eigenvalue weighted by atomic mass is 32.1. The summed E-state index contributed by atoms with van der Waals surface area (Å²) >= 11 is 1.32. The van der Waals surface area contributed by atoms with Gasteiger partial charge in [0.2, 0.25) is 0 Å². The van der Waals surface area contributed by atoms with E-state index >= 15 is 0 Å². The molecule has 0 aliphatic heterocycles. The number of esters is 1. The number of hydrogen-bond acceptors (Lipinski definition) is 7. The quantitative estimate of drug-likeness (QED) is 0.639. The standard InChI is InChI=1S/C19H20N4O4S/c1-11-17(12(2)23(3)22-11)21-16(24)9-27-19(25)15-10-28-18(20-15)13-5-7-14(26-4)8-6-13/h5-8,10H,9H2,1-4H3,(H,21,24). The first-order chi connectivity index (χ1) is 13.4. The molecule has 2 heterocycles. The Morgan fingerprint density at radius 3 is 2.54 bits per heavy atom. The highest BCUT2D eigenvalue weighted by Crippen LogP contribution is 2.26. The molecule has 146 valence electrons. The average Bonchev–Trinajstić information content (AvgIpc) is 3.27. The zero-order valence-electron chi connectivity index (χ0n) is 16.0. The minimum Gasteiger partial charge on any atom is -0.497 e. The van der Waals surface area contributed by atoms with E-state index in [1.807, 2.05) is 31.2 Å². The van der Waals surface area contributed by atoms with Gasteiger partial charge in [0.1, 0.15) is 10.8 Å². The number of carbonyl (C=O) groups excluding carboxylic acids is 2. The predicted molar refractivity (Wildman–Crippen MR) is 106 cm³/mol. The number of thiazole rings is 1. The van der Waals surface area contributed by atoms with Crippen LogP contribution in [0.15, 0.2) is 29.6 Å². The molecule has 2 aromatic heterocycles. The summed E-state index contributed by atoms with van der Waals surface area (Å²) in [6.45, 7) is 3.24. The summed E-state index contributed by atoms with van der Waals surface area (Å²) in [6, 6.07) is 7.36. The fourth-order valence-electron chi connectivity index (χ4n) is 2.57. The first-order valence-corrected chi connectivity index (χ1v) is 9.34. The number of carbonyl (C=O) groups is 2. The molecule has 3 rings (SSSR count). The van der Waals surface area contributed by atoms with Crippen molar-refractivity contribution in [3.05, 3.63) is 46.7 Å². The van der Waals surface area contributed by atoms with Gasteiger partial charge in [0.15, 0.2) is 12.3 Å². The van der Waals surface area contributed by atoms with Crippen molar-refractivity contribution in [2.24, 2.45) is 7.05 Å². The van der Waals surface area contributed by atoms with Gasteiger partial charge in [0, 0.05) is 18.0 Å². The summed E-state index contributed by atoms with van der Waals surface area (Å²) in [6.07, 6.45) is 0. The molecule has 0 radical (unpaired) electrons. The van der Waals surface area contributed by atoms with Crippen LogP contribution in [0, 0.1) is 13.8 Å². The molecule has 1 aromatic carbocycles. The van der Waals surface area contributed by atoms with Gasteiger partial charge in [-0.2, -0.15) is 5.10 Å². The Labute approximate surface area is 166 Å². The Bertz CT molecular complexity index is 1010. The molecule has 1 N–H and O–H groups in total. The number of amides is 1. The topological polar surface area (TPSA) is 95.3 Å². The third-order valence-electron chi connectivity index (χ3n) is 4.16. The molecule has 28 heavy (non-hydrogen) atoms. The number of aryl methyl sites for hydroxylation is 2. The van der Waals surface area contributed by atoms with Crippen molar-refractivity contribution in [1.29, 1.82) is 0 Å². The molecule has 0 saturated carbocycles. The van der Waals surface area contributed by atoms with Crippen LogP contribution in [-0.2, 0) is 16.6 Å². The van der Waals surface area contributed by atoms with Crippen LogP contribution in [0.5, 0.6) is 5.75 Å². The van der Waals surface area contributed by atoms with E-state index in [0.29, 0.717) is 16.4 Å². The number of rotatable bonds is 6. The zero-order chi connectivity index (χ0) is 20.3. The monoisotopic (exact) mass is 400 g/mol. The summed E-state index contributed by atoms with van der Waals surface area (Å²) in [7, 11) is 3.39. The van der Waals surface area contributed by atoms with Gasteiger partial charge in [-0.15, -0.1) is 11.3 Å². The molecule has 0 aliphatic carbocycles. The molecule has 0 atom stereocenters. The van der Waals surface area contributed by atoms with Gasteiger partial charge in [0.25, 0.3) is 5.91 Å². The van der Waals surface area contributed by atoms with Crippen molar-refractivity contribution < 1.29 is 19.1 Å². The molecule has 3 aromatic rings. The van der Waals surface area contributed by atoms with E-state index < -0.39 is 18.5 Å². The number of benzene rings is 1. The molecule has 1 amide bonds. The number of nitrogens with one attached hydrogen (secondary N) is 1. The maximum Gasteiger partial charge on any atom is 0.358 e. The van der Waals surface area contributed by atoms with Crippen molar-refractivity contribution in [2.75, 3.05) is 19.0 Å². The third kappa shape index (κ3) is 4.20. The Morgan fingerprint density at radius 2 is 1.93 bits per heavy atom. The Morgan fingerprint density at radius 1 is 1.21 bits per heavy atom. The number of anilines is 1. The van der Waals surface area contributed by atoms with E-state index in [1.165, 1.54) is 11.3 Å². The number of hydrogen-bond donors (Lipinski definition) is 1. The van der Waals surface area contributed by atoms with Crippen molar-refractivity contribution in [2.45, 2.75) is 13.8 Å². The van der Waals surface area contributed by atoms with Crippen LogP contribution in [0.1, 0.15) is 21.9 Å². The van der Waals surface area contributed by atoms with Crippen molar-refractivity contribution in [1.82, 2.24) is 14.8 Å². The second-order valence-corrected chi connectivity index (χ2v) is 6.92. The minimum atomic E-state index is -0.647. The number of aromatic nitrogens is 3. The van der Waals surface area contributed by atoms with Crippen molar-refractivity contribution >= 4 is 28.9 Å². The van der Waals surface area contributed by atoms with Gasteiger partial charge >= 0.3 is 5.97 Å². The molecule has 0 unspecified atom stereocenters. The second kappa shape index (κ2) is 8.22. The van der Waals surface area contributed by atoms with Crippen LogP contribution < -0.4 is 10.1 Å². The highest BCUT2D eigenvalue weighted by Gasteiger charge is 2.17. The number of ether oxygens (including phenoxy) is 2. The van der Waals surface area contributed by atoms with E-state index in [-0.39, 0.29) is 5.69 Å². The van der Waals surface area contributed by atoms with Crippen LogP contribution in [0.25, 0.3) is 10.6 Å². The lowest BCUT2D eigenvalue weighted by Gasteiger charge is -2.06. The lowest BCUT2D eigenvalue weighted by atomic mass is 10.2. The maximum atomic E-state index is 12.2. The first-order valence-electron chi connectivity index (χ1n) is 8.46. The summed E-state index contributed by atoms with van der Waals surface area (Å²) in [5, 5.41) is 9.23. The van der Waals surface area contributed by atoms with Crippen LogP contribution >= 0.6 is 11.3 Å². The fourth-order valence-corrected chi connectivity index (χ4v) is 3.36. The summed E-state index contributed by atoms with van der Waals surface area (Å²) in [4.78, 5) is 28.6. The maximum absolute atomic E-state index is 12.2. The lowest BCUT2D eigenvalue weighted by Crippen LogP contribution is -2.21. The second-order valence-electron chi connectivity index (χ2n) is 6.06. The van der Waals surface area contributed by atoms with Gasteiger partial charge in [-0.25, -0.2) is 9.78 Å². The average molecular weight is 400 g/mol. The van der Waals surface area contributed by atoms with Crippen LogP contribution in [-0.4, -0.2) is 40.4 Å². The zero-order valence-corrected chi connectivity index (χ0v) is 16.8. The molecule has 8 nitrogen and oxygen atoms in total. The Hall–Kier alpha value is -3.20. The van der Waals surface area contributed by atoms with E-state index in [1.54, 1.807) is 31.1 Å². The van der Waals surface area contributed by atoms with Gasteiger partial charge in [0.05, 0.1) is 24.2 Å². The minimum absolute atomic E-state index is 0.164. The molecule has 0 bridgehead atoms. The van der Waals surface area contributed by atoms with Gasteiger partial charge in [-0.05, 0) is 38.1 Å². The van der Waals surface area contributed by atoms with Crippen LogP contribution in [0.4, 0.5) is 5.69 Å². The molecular formula is C19H20N4O4S. The van der Waals surface area contributed by atoms with E-state index in [9.17, 15) is 9.59 Å². The number of methoxy groups -OCH3 is 1. The molecular weight excluding hydrogens is 380 g/mol. The van der Waals surface area contributed by atoms with Crippen LogP contribution in [0.3, 0.4) is 0 Å². The largest absolute Gasteiger partial charge is 0.497 e. The number of nitrogens with zero attached hydrogens (tertiary/aromatic N) is 3. The van der Waals surface area contributed by atoms with Crippen molar-refractivity contribution in [3.63, 3.8) is 0 Å². The summed E-state index contributed by atoms with van der Waals surface area (Å²) in [5.74, 6) is -0.339. The van der Waals surface area contributed by atoms with Gasteiger partial charge in [-0.1, -0.05) is 0 Å². The molecule has 0 spiro atoms. The normalized spacial score (nSPS) is 10.6. The molecule has 0 aliphatic rings. The highest BCUT2D eigenvalue weighted by molar-refractivity contribution is 7.13. The lowest BCUT2D eigenvalue weighted by molar-refractivity contribution is -0.119. The molecule has 0 saturated heterocycles. The third-order valence-corrected chi connectivity index (χ3v) is 5.05. The SMILES string of the molecule is COc1ccc(-c2nc(C(=O)OCC(=O)Nc3c(C)nn(C)c3C)cs2)cc1. The van der Waals surface area contributed by atoms with E-state index in [0.717, 1.165) is 17.0 Å². The van der Waals surface area contributed by atoms with E-state index in [2.05, 4.69) is 15.4 Å². The van der Waals surface area contributed by atoms with Gasteiger partial charge < -0.3 is 14.8 Å². The fraction of sp³-hybridized carbons (Fsp3) is 0.263. The molecule has 9 heteroatoms. The predicted octanol–water partition coefficient (Wildman–Crippen LogP) is 2.96.